The second kappa shape index (κ2) is 13.1. The molecule has 1 saturated heterocycles. The summed E-state index contributed by atoms with van der Waals surface area (Å²) >= 11 is 0. The normalized spacial score (nSPS) is 18.3. The number of esters is 1. The number of likely N-dealkylation sites (tertiary alicyclic amines) is 1. The highest BCUT2D eigenvalue weighted by molar-refractivity contribution is 5.97. The molecule has 1 fully saturated rings. The van der Waals surface area contributed by atoms with E-state index in [1.807, 2.05) is 6.92 Å². The van der Waals surface area contributed by atoms with Crippen molar-refractivity contribution < 1.29 is 14.5 Å². The fourth-order valence-corrected chi connectivity index (χ4v) is 6.92. The molecule has 46 heavy (non-hydrogen) atoms. The molecule has 6 rings (SSSR count). The lowest BCUT2D eigenvalue weighted by molar-refractivity contribution is -0.385. The monoisotopic (exact) mass is 619 g/mol. The topological polar surface area (TPSA) is 128 Å². The van der Waals surface area contributed by atoms with Crippen molar-refractivity contribution in [3.8, 4) is 0 Å². The highest BCUT2D eigenvalue weighted by Crippen LogP contribution is 2.45. The molecular weight excluding hydrogens is 582 g/mol. The van der Waals surface area contributed by atoms with Crippen molar-refractivity contribution in [2.24, 2.45) is 7.05 Å². The van der Waals surface area contributed by atoms with Crippen LogP contribution in [0.2, 0.25) is 0 Å². The number of hydrogen-bond donors (Lipinski definition) is 1. The summed E-state index contributed by atoms with van der Waals surface area (Å²) in [5.41, 5.74) is 4.88. The van der Waals surface area contributed by atoms with E-state index in [9.17, 15) is 14.9 Å². The highest BCUT2D eigenvalue weighted by Gasteiger charge is 2.40. The molecule has 0 radical (unpaired) electrons. The minimum Gasteiger partial charge on any atom is -0.461 e. The maximum Gasteiger partial charge on any atom is 0.336 e. The summed E-state index contributed by atoms with van der Waals surface area (Å²) in [5.74, 6) is -1.09. The van der Waals surface area contributed by atoms with Gasteiger partial charge in [0.15, 0.2) is 0 Å². The molecule has 1 N–H and O–H groups in total. The summed E-state index contributed by atoms with van der Waals surface area (Å²) in [7, 11) is 1.64. The lowest BCUT2D eigenvalue weighted by Crippen LogP contribution is -2.44. The van der Waals surface area contributed by atoms with Crippen LogP contribution < -0.4 is 5.32 Å². The molecule has 4 aromatic rings. The molecule has 0 spiro atoms. The van der Waals surface area contributed by atoms with Crippen LogP contribution in [-0.2, 0) is 22.0 Å². The van der Waals surface area contributed by atoms with Crippen LogP contribution in [0.5, 0.6) is 0 Å². The number of nitrogens with one attached hydrogen (secondary N) is 1. The number of rotatable bonds is 9. The summed E-state index contributed by atoms with van der Waals surface area (Å²) in [6.45, 7) is 6.08. The Balaban J connectivity index is 1.20. The van der Waals surface area contributed by atoms with E-state index in [2.05, 4.69) is 86.3 Å². The Kier molecular flexibility index (Phi) is 8.76. The molecule has 0 aliphatic carbocycles. The number of tetrazole rings is 1. The summed E-state index contributed by atoms with van der Waals surface area (Å²) < 4.78 is 5.92. The summed E-state index contributed by atoms with van der Waals surface area (Å²) in [5, 5.41) is 27.9. The fourth-order valence-electron chi connectivity index (χ4n) is 6.92. The van der Waals surface area contributed by atoms with Crippen molar-refractivity contribution in [1.82, 2.24) is 30.4 Å². The zero-order valence-electron chi connectivity index (χ0n) is 26.2. The predicted molar refractivity (Wildman–Crippen MR) is 173 cm³/mol. The quantitative estimate of drug-likeness (QED) is 0.154. The number of nitro benzene ring substituents is 1. The van der Waals surface area contributed by atoms with E-state index in [1.54, 1.807) is 32.2 Å². The number of para-hydroxylation sites is 1. The molecule has 3 aromatic carbocycles. The maximum atomic E-state index is 13.9. The second-order valence-electron chi connectivity index (χ2n) is 11.8. The smallest absolute Gasteiger partial charge is 0.336 e. The number of carbonyl (C=O) groups is 1. The zero-order valence-corrected chi connectivity index (χ0v) is 26.2. The van der Waals surface area contributed by atoms with E-state index in [4.69, 9.17) is 4.74 Å². The van der Waals surface area contributed by atoms with Gasteiger partial charge < -0.3 is 10.1 Å². The first-order valence-corrected chi connectivity index (χ1v) is 15.5. The van der Waals surface area contributed by atoms with Crippen molar-refractivity contribution in [2.75, 3.05) is 26.2 Å². The minimum atomic E-state index is -0.827. The average molecular weight is 620 g/mol. The van der Waals surface area contributed by atoms with Crippen molar-refractivity contribution >= 4 is 17.2 Å². The minimum absolute atomic E-state index is 0.0715. The molecule has 1 atom stereocenters. The lowest BCUT2D eigenvalue weighted by atomic mass is 9.68. The third-order valence-electron chi connectivity index (χ3n) is 9.18. The van der Waals surface area contributed by atoms with Crippen LogP contribution in [0.15, 0.2) is 102 Å². The van der Waals surface area contributed by atoms with Crippen LogP contribution in [0.25, 0.3) is 5.57 Å². The highest BCUT2D eigenvalue weighted by atomic mass is 16.6. The van der Waals surface area contributed by atoms with Gasteiger partial charge in [-0.15, -0.1) is 10.2 Å². The number of nitrogens with zero attached hydrogens (tertiary/aromatic N) is 6. The number of piperidine rings is 1. The first-order chi connectivity index (χ1) is 22.3. The molecule has 0 bridgehead atoms. The molecule has 1 aromatic heterocycles. The summed E-state index contributed by atoms with van der Waals surface area (Å²) in [4.78, 5) is 29.2. The van der Waals surface area contributed by atoms with Crippen LogP contribution in [0, 0.1) is 10.1 Å². The first kappa shape index (κ1) is 30.8. The second-order valence-corrected chi connectivity index (χ2v) is 11.8. The van der Waals surface area contributed by atoms with Crippen LogP contribution in [-0.4, -0.2) is 62.2 Å². The number of dihydropyridines is 1. The Hall–Kier alpha value is -5.16. The van der Waals surface area contributed by atoms with Crippen LogP contribution in [0.3, 0.4) is 0 Å². The van der Waals surface area contributed by atoms with Crippen molar-refractivity contribution in [3.63, 3.8) is 0 Å². The van der Waals surface area contributed by atoms with E-state index in [0.717, 1.165) is 25.9 Å². The number of aryl methyl sites for hydroxylation is 1. The van der Waals surface area contributed by atoms with Gasteiger partial charge in [-0.25, -0.2) is 4.79 Å². The van der Waals surface area contributed by atoms with Crippen LogP contribution in [0.1, 0.15) is 55.1 Å². The van der Waals surface area contributed by atoms with Crippen molar-refractivity contribution in [3.05, 3.63) is 135 Å². The third kappa shape index (κ3) is 5.93. The number of hydrogen-bond acceptors (Lipinski definition) is 9. The van der Waals surface area contributed by atoms with Gasteiger partial charge in [0.2, 0.25) is 5.82 Å². The molecule has 3 heterocycles. The molecule has 0 saturated carbocycles. The summed E-state index contributed by atoms with van der Waals surface area (Å²) in [6.07, 6.45) is 1.89. The number of aromatic nitrogens is 4. The van der Waals surface area contributed by atoms with Gasteiger partial charge in [0.25, 0.3) is 5.69 Å². The molecule has 0 amide bonds. The average Bonchev–Trinajstić information content (AvgIpc) is 3.50. The zero-order chi connectivity index (χ0) is 32.3. The van der Waals surface area contributed by atoms with Gasteiger partial charge in [0.05, 0.1) is 23.5 Å². The van der Waals surface area contributed by atoms with Crippen LogP contribution in [0.4, 0.5) is 5.69 Å². The lowest BCUT2D eigenvalue weighted by Gasteiger charge is -2.43. The van der Waals surface area contributed by atoms with Gasteiger partial charge >= 0.3 is 5.97 Å². The van der Waals surface area contributed by atoms with Gasteiger partial charge in [-0.2, -0.15) is 4.80 Å². The van der Waals surface area contributed by atoms with Gasteiger partial charge in [0.1, 0.15) is 6.61 Å². The Morgan fingerprint density at radius 1 is 0.957 bits per heavy atom. The largest absolute Gasteiger partial charge is 0.461 e. The van der Waals surface area contributed by atoms with E-state index >= 15 is 0 Å². The van der Waals surface area contributed by atoms with Gasteiger partial charge in [-0.1, -0.05) is 78.9 Å². The molecule has 1 unspecified atom stereocenters. The Bertz CT molecular complexity index is 1750. The molecule has 11 heteroatoms. The van der Waals surface area contributed by atoms with Gasteiger partial charge in [-0.3, -0.25) is 15.0 Å². The van der Waals surface area contributed by atoms with E-state index in [0.29, 0.717) is 29.1 Å². The molecule has 2 aliphatic rings. The summed E-state index contributed by atoms with van der Waals surface area (Å²) in [6, 6.07) is 27.8. The standard InChI is InChI=1S/C35H37N7O4/c1-24-30(33-37-39-40(3)38-33)32(28-16-10-11-17-29(28)42(44)45)31(25(2)36-24)34(43)46-23-22-41-20-18-35(19-21-41,26-12-6-4-7-13-26)27-14-8-5-9-15-27/h4-17,32,36H,18-23H2,1-3H3. The number of carbonyl (C=O) groups excluding carboxylic acids is 1. The number of benzene rings is 3. The van der Waals surface area contributed by atoms with Crippen molar-refractivity contribution in [2.45, 2.75) is 38.0 Å². The molecule has 11 nitrogen and oxygen atoms in total. The maximum absolute atomic E-state index is 13.9. The fraction of sp³-hybridized carbons (Fsp3) is 0.314. The molecular formula is C35H37N7O4. The number of allylic oxidation sites excluding steroid dienone is 3. The predicted octanol–water partition coefficient (Wildman–Crippen LogP) is 5.14. The Morgan fingerprint density at radius 3 is 2.15 bits per heavy atom. The van der Waals surface area contributed by atoms with Gasteiger partial charge in [0, 0.05) is 40.6 Å². The van der Waals surface area contributed by atoms with E-state index in [1.165, 1.54) is 22.0 Å². The van der Waals surface area contributed by atoms with Gasteiger partial charge in [-0.05, 0) is 56.1 Å². The van der Waals surface area contributed by atoms with E-state index < -0.39 is 16.8 Å². The van der Waals surface area contributed by atoms with Crippen molar-refractivity contribution in [1.29, 1.82) is 0 Å². The Morgan fingerprint density at radius 2 is 1.57 bits per heavy atom. The first-order valence-electron chi connectivity index (χ1n) is 15.5. The number of nitro groups is 1. The molecule has 236 valence electrons. The Labute approximate surface area is 267 Å². The van der Waals surface area contributed by atoms with Crippen LogP contribution >= 0.6 is 0 Å². The SMILES string of the molecule is CC1=C(C(=O)OCCN2CCC(c3ccccc3)(c3ccccc3)CC2)C(c2ccccc2[N+](=O)[O-])C(c2nnn(C)n2)=C(C)N1. The molecule has 2 aliphatic heterocycles. The third-order valence-corrected chi connectivity index (χ3v) is 9.18. The number of ether oxygens (including phenoxy) is 1. The van der Waals surface area contributed by atoms with E-state index in [-0.39, 0.29) is 29.1 Å².